The predicted molar refractivity (Wildman–Crippen MR) is 37.1 cm³/mol. The van der Waals surface area contributed by atoms with E-state index in [1.165, 1.54) is 6.08 Å². The fourth-order valence-electron chi connectivity index (χ4n) is 0.853. The highest BCUT2D eigenvalue weighted by atomic mass is 32.2. The number of hydrogen-bond donors (Lipinski definition) is 0. The molecule has 0 bridgehead atoms. The quantitative estimate of drug-likeness (QED) is 0.472. The molecule has 0 amide bonds. The summed E-state index contributed by atoms with van der Waals surface area (Å²) in [7, 11) is -3.19. The SMILES string of the molecule is O=S1(=O)C=NC2=C1C=C=C2. The van der Waals surface area contributed by atoms with E-state index in [1.54, 1.807) is 6.08 Å². The highest BCUT2D eigenvalue weighted by molar-refractivity contribution is 8.08. The number of rotatable bonds is 0. The maximum Gasteiger partial charge on any atom is 0.219 e. The van der Waals surface area contributed by atoms with E-state index in [-0.39, 0.29) is 4.91 Å². The summed E-state index contributed by atoms with van der Waals surface area (Å²) >= 11 is 0. The molecule has 0 fully saturated rings. The number of sulfone groups is 1. The minimum absolute atomic E-state index is 0.271. The van der Waals surface area contributed by atoms with Gasteiger partial charge in [0.05, 0.1) is 5.70 Å². The zero-order valence-electron chi connectivity index (χ0n) is 4.90. The molecule has 1 aliphatic heterocycles. The molecule has 4 heteroatoms. The summed E-state index contributed by atoms with van der Waals surface area (Å²) in [6.07, 6.45) is 2.98. The van der Waals surface area contributed by atoms with Crippen molar-refractivity contribution < 1.29 is 8.42 Å². The van der Waals surface area contributed by atoms with Crippen molar-refractivity contribution in [1.82, 2.24) is 0 Å². The first kappa shape index (κ1) is 5.65. The van der Waals surface area contributed by atoms with Crippen LogP contribution in [0.2, 0.25) is 0 Å². The molecule has 50 valence electrons. The van der Waals surface area contributed by atoms with Crippen molar-refractivity contribution >= 4 is 15.4 Å². The van der Waals surface area contributed by atoms with Gasteiger partial charge in [-0.3, -0.25) is 0 Å². The first-order chi connectivity index (χ1) is 4.70. The largest absolute Gasteiger partial charge is 0.242 e. The third kappa shape index (κ3) is 0.546. The van der Waals surface area contributed by atoms with Crippen LogP contribution in [0.1, 0.15) is 0 Å². The van der Waals surface area contributed by atoms with E-state index in [2.05, 4.69) is 10.7 Å². The molecule has 1 heterocycles. The molecular formula is C6H3NO2S. The van der Waals surface area contributed by atoms with Gasteiger partial charge in [-0.2, -0.15) is 0 Å². The molecule has 0 spiro atoms. The lowest BCUT2D eigenvalue weighted by atomic mass is 10.5. The molecule has 3 nitrogen and oxygen atoms in total. The molecule has 0 N–H and O–H groups in total. The molecule has 0 radical (unpaired) electrons. The van der Waals surface area contributed by atoms with Gasteiger partial charge in [-0.15, -0.1) is 5.73 Å². The lowest BCUT2D eigenvalue weighted by Crippen LogP contribution is -1.97. The highest BCUT2D eigenvalue weighted by Crippen LogP contribution is 2.24. The second-order valence-electron chi connectivity index (χ2n) is 1.98. The Bertz CT molecular complexity index is 405. The smallest absolute Gasteiger partial charge is 0.219 e. The van der Waals surface area contributed by atoms with Gasteiger partial charge in [0.15, 0.2) is 0 Å². The first-order valence-electron chi connectivity index (χ1n) is 2.66. The van der Waals surface area contributed by atoms with Gasteiger partial charge in [-0.05, 0) is 0 Å². The minimum atomic E-state index is -3.19. The summed E-state index contributed by atoms with van der Waals surface area (Å²) in [5.74, 6) is 0. The molecule has 0 unspecified atom stereocenters. The number of allylic oxidation sites excluding steroid dienone is 2. The van der Waals surface area contributed by atoms with Gasteiger partial charge in [-0.25, -0.2) is 13.4 Å². The van der Waals surface area contributed by atoms with Gasteiger partial charge in [-0.1, -0.05) is 0 Å². The molecule has 10 heavy (non-hydrogen) atoms. The number of nitrogens with zero attached hydrogens (tertiary/aromatic N) is 1. The van der Waals surface area contributed by atoms with E-state index in [4.69, 9.17) is 0 Å². The van der Waals surface area contributed by atoms with Gasteiger partial charge in [0.2, 0.25) is 9.84 Å². The van der Waals surface area contributed by atoms with Crippen molar-refractivity contribution in [3.8, 4) is 0 Å². The van der Waals surface area contributed by atoms with Crippen molar-refractivity contribution in [1.29, 1.82) is 0 Å². The van der Waals surface area contributed by atoms with Crippen molar-refractivity contribution in [3.05, 3.63) is 28.5 Å². The molecule has 0 aromatic heterocycles. The van der Waals surface area contributed by atoms with Crippen molar-refractivity contribution in [3.63, 3.8) is 0 Å². The molecule has 2 rings (SSSR count). The van der Waals surface area contributed by atoms with E-state index in [0.29, 0.717) is 5.70 Å². The van der Waals surface area contributed by atoms with Gasteiger partial charge < -0.3 is 0 Å². The molecule has 0 saturated carbocycles. The fraction of sp³-hybridized carbons (Fsp3) is 0. The van der Waals surface area contributed by atoms with Crippen LogP contribution in [-0.2, 0) is 9.84 Å². The van der Waals surface area contributed by atoms with Gasteiger partial charge in [0.1, 0.15) is 10.5 Å². The summed E-state index contributed by atoms with van der Waals surface area (Å²) in [6.45, 7) is 0. The molecule has 2 aliphatic rings. The maximum absolute atomic E-state index is 10.9. The Morgan fingerprint density at radius 1 is 1.40 bits per heavy atom. The second-order valence-corrected chi connectivity index (χ2v) is 3.73. The second kappa shape index (κ2) is 1.48. The Kier molecular flexibility index (Phi) is 0.836. The lowest BCUT2D eigenvalue weighted by molar-refractivity contribution is 0.615. The van der Waals surface area contributed by atoms with Gasteiger partial charge in [0, 0.05) is 12.2 Å². The fourth-order valence-corrected chi connectivity index (χ4v) is 1.85. The third-order valence-corrected chi connectivity index (χ3v) is 2.65. The van der Waals surface area contributed by atoms with E-state index < -0.39 is 9.84 Å². The summed E-state index contributed by atoms with van der Waals surface area (Å²) in [5, 5.41) is 0. The van der Waals surface area contributed by atoms with E-state index >= 15 is 0 Å². The van der Waals surface area contributed by atoms with Gasteiger partial charge in [0.25, 0.3) is 0 Å². The van der Waals surface area contributed by atoms with Crippen LogP contribution < -0.4 is 0 Å². The normalized spacial score (nSPS) is 24.4. The molecule has 0 saturated heterocycles. The Morgan fingerprint density at radius 2 is 2.20 bits per heavy atom. The Morgan fingerprint density at radius 3 is 2.90 bits per heavy atom. The maximum atomic E-state index is 10.9. The summed E-state index contributed by atoms with van der Waals surface area (Å²) in [6, 6.07) is 0. The van der Waals surface area contributed by atoms with Crippen LogP contribution >= 0.6 is 0 Å². The summed E-state index contributed by atoms with van der Waals surface area (Å²) in [5.41, 5.74) is 4.13. The Labute approximate surface area is 58.0 Å². The summed E-state index contributed by atoms with van der Waals surface area (Å²) < 4.78 is 21.9. The average molecular weight is 153 g/mol. The van der Waals surface area contributed by atoms with E-state index in [1.807, 2.05) is 0 Å². The predicted octanol–water partition coefficient (Wildman–Crippen LogP) is 0.380. The molecule has 0 aromatic rings. The number of hydrogen-bond acceptors (Lipinski definition) is 3. The molecular weight excluding hydrogens is 150 g/mol. The molecule has 1 aliphatic carbocycles. The monoisotopic (exact) mass is 153 g/mol. The minimum Gasteiger partial charge on any atom is -0.242 e. The number of aliphatic imine (C=N–C) groups is 1. The summed E-state index contributed by atoms with van der Waals surface area (Å²) in [4.78, 5) is 3.94. The van der Waals surface area contributed by atoms with Crippen molar-refractivity contribution in [2.45, 2.75) is 0 Å². The topological polar surface area (TPSA) is 46.5 Å². The van der Waals surface area contributed by atoms with Gasteiger partial charge >= 0.3 is 0 Å². The van der Waals surface area contributed by atoms with Crippen LogP contribution in [0.25, 0.3) is 0 Å². The van der Waals surface area contributed by atoms with Crippen LogP contribution in [0.4, 0.5) is 0 Å². The van der Waals surface area contributed by atoms with Crippen molar-refractivity contribution in [2.75, 3.05) is 0 Å². The zero-order chi connectivity index (χ0) is 7.19. The molecule has 0 aromatic carbocycles. The van der Waals surface area contributed by atoms with E-state index in [0.717, 1.165) is 5.55 Å². The third-order valence-electron chi connectivity index (χ3n) is 1.32. The van der Waals surface area contributed by atoms with Crippen LogP contribution in [0, 0.1) is 0 Å². The van der Waals surface area contributed by atoms with Crippen LogP contribution in [-0.4, -0.2) is 14.0 Å². The molecule has 0 atom stereocenters. The Balaban J connectivity index is 2.76. The average Bonchev–Trinajstić information content (AvgIpc) is 2.36. The zero-order valence-corrected chi connectivity index (χ0v) is 5.72. The highest BCUT2D eigenvalue weighted by Gasteiger charge is 2.24. The van der Waals surface area contributed by atoms with Crippen LogP contribution in [0.3, 0.4) is 0 Å². The lowest BCUT2D eigenvalue weighted by Gasteiger charge is -1.86. The first-order valence-corrected chi connectivity index (χ1v) is 4.21. The van der Waals surface area contributed by atoms with Crippen molar-refractivity contribution in [2.24, 2.45) is 4.99 Å². The van der Waals surface area contributed by atoms with E-state index in [9.17, 15) is 8.42 Å². The Hall–Kier alpha value is -1.12. The van der Waals surface area contributed by atoms with Crippen LogP contribution in [0.15, 0.2) is 33.5 Å². The standard InChI is InChI=1S/C6H3NO2S/c8-10(9)4-7-5-2-1-3-6(5)10/h2-4H. The van der Waals surface area contributed by atoms with Crippen LogP contribution in [0.5, 0.6) is 0 Å².